The molecule has 28 heavy (non-hydrogen) atoms. The van der Waals surface area contributed by atoms with Crippen LogP contribution in [0.4, 0.5) is 11.4 Å². The SMILES string of the molecule is CCC(C)(C)c1ccccc1Oc1ccc(N)cc1C(=O)Nc1ccccc1. The van der Waals surface area contributed by atoms with E-state index in [4.69, 9.17) is 10.5 Å². The predicted octanol–water partition coefficient (Wildman–Crippen LogP) is 6.00. The molecule has 4 heteroatoms. The number of hydrogen-bond donors (Lipinski definition) is 2. The summed E-state index contributed by atoms with van der Waals surface area (Å²) in [5, 5.41) is 2.89. The maximum atomic E-state index is 12.9. The lowest BCUT2D eigenvalue weighted by atomic mass is 9.82. The third-order valence-corrected chi connectivity index (χ3v) is 5.00. The van der Waals surface area contributed by atoms with E-state index >= 15 is 0 Å². The van der Waals surface area contributed by atoms with E-state index in [0.717, 1.165) is 17.7 Å². The lowest BCUT2D eigenvalue weighted by molar-refractivity contribution is 0.102. The first kappa shape index (κ1) is 19.5. The average molecular weight is 374 g/mol. The molecule has 0 aromatic heterocycles. The van der Waals surface area contributed by atoms with Gasteiger partial charge in [0.15, 0.2) is 0 Å². The topological polar surface area (TPSA) is 64.3 Å². The van der Waals surface area contributed by atoms with Crippen LogP contribution in [-0.4, -0.2) is 5.91 Å². The molecule has 1 amide bonds. The van der Waals surface area contributed by atoms with Crippen LogP contribution in [0.5, 0.6) is 11.5 Å². The first-order valence-corrected chi connectivity index (χ1v) is 9.44. The molecule has 0 fully saturated rings. The van der Waals surface area contributed by atoms with Gasteiger partial charge in [0.05, 0.1) is 5.56 Å². The summed E-state index contributed by atoms with van der Waals surface area (Å²) >= 11 is 0. The minimum Gasteiger partial charge on any atom is -0.456 e. The van der Waals surface area contributed by atoms with Crippen molar-refractivity contribution < 1.29 is 9.53 Å². The maximum Gasteiger partial charge on any atom is 0.259 e. The highest BCUT2D eigenvalue weighted by atomic mass is 16.5. The van der Waals surface area contributed by atoms with Gasteiger partial charge in [-0.25, -0.2) is 0 Å². The highest BCUT2D eigenvalue weighted by molar-refractivity contribution is 6.06. The van der Waals surface area contributed by atoms with Crippen LogP contribution in [0.25, 0.3) is 0 Å². The largest absolute Gasteiger partial charge is 0.456 e. The summed E-state index contributed by atoms with van der Waals surface area (Å²) in [5.41, 5.74) is 8.61. The third kappa shape index (κ3) is 4.34. The van der Waals surface area contributed by atoms with Crippen molar-refractivity contribution >= 4 is 17.3 Å². The monoisotopic (exact) mass is 374 g/mol. The highest BCUT2D eigenvalue weighted by Crippen LogP contribution is 2.37. The Kier molecular flexibility index (Phi) is 5.69. The Bertz CT molecular complexity index is 965. The van der Waals surface area contributed by atoms with Crippen LogP contribution >= 0.6 is 0 Å². The van der Waals surface area contributed by atoms with Crippen LogP contribution in [-0.2, 0) is 5.41 Å². The molecule has 0 unspecified atom stereocenters. The number of para-hydroxylation sites is 2. The summed E-state index contributed by atoms with van der Waals surface area (Å²) in [4.78, 5) is 12.9. The van der Waals surface area contributed by atoms with Gasteiger partial charge in [-0.05, 0) is 48.2 Å². The quantitative estimate of drug-likeness (QED) is 0.520. The van der Waals surface area contributed by atoms with E-state index in [-0.39, 0.29) is 11.3 Å². The van der Waals surface area contributed by atoms with Crippen molar-refractivity contribution in [2.45, 2.75) is 32.6 Å². The van der Waals surface area contributed by atoms with E-state index < -0.39 is 0 Å². The average Bonchev–Trinajstić information content (AvgIpc) is 2.70. The van der Waals surface area contributed by atoms with Crippen molar-refractivity contribution in [1.29, 1.82) is 0 Å². The van der Waals surface area contributed by atoms with Gasteiger partial charge in [0.2, 0.25) is 0 Å². The van der Waals surface area contributed by atoms with Crippen molar-refractivity contribution in [3.05, 3.63) is 83.9 Å². The van der Waals surface area contributed by atoms with Gasteiger partial charge < -0.3 is 15.8 Å². The number of rotatable bonds is 6. The van der Waals surface area contributed by atoms with E-state index in [2.05, 4.69) is 32.2 Å². The second-order valence-corrected chi connectivity index (χ2v) is 7.41. The minimum absolute atomic E-state index is 0.0448. The Hall–Kier alpha value is -3.27. The summed E-state index contributed by atoms with van der Waals surface area (Å²) in [6.07, 6.45) is 0.969. The van der Waals surface area contributed by atoms with E-state index in [1.807, 2.05) is 48.5 Å². The molecule has 0 saturated carbocycles. The van der Waals surface area contributed by atoms with Gasteiger partial charge in [0.1, 0.15) is 11.5 Å². The van der Waals surface area contributed by atoms with Crippen molar-refractivity contribution in [3.63, 3.8) is 0 Å². The lowest BCUT2D eigenvalue weighted by Gasteiger charge is -2.26. The lowest BCUT2D eigenvalue weighted by Crippen LogP contribution is -2.17. The Morgan fingerprint density at radius 1 is 0.964 bits per heavy atom. The van der Waals surface area contributed by atoms with Gasteiger partial charge in [-0.15, -0.1) is 0 Å². The zero-order valence-electron chi connectivity index (χ0n) is 16.5. The van der Waals surface area contributed by atoms with Crippen molar-refractivity contribution in [2.24, 2.45) is 0 Å². The number of carbonyl (C=O) groups is 1. The van der Waals surface area contributed by atoms with E-state index in [1.54, 1.807) is 18.2 Å². The number of carbonyl (C=O) groups excluding carboxylic acids is 1. The fraction of sp³-hybridized carbons (Fsp3) is 0.208. The zero-order chi connectivity index (χ0) is 20.1. The van der Waals surface area contributed by atoms with Gasteiger partial charge in [-0.2, -0.15) is 0 Å². The molecule has 144 valence electrons. The molecule has 3 N–H and O–H groups in total. The molecule has 0 aliphatic carbocycles. The first-order valence-electron chi connectivity index (χ1n) is 9.44. The molecule has 0 aliphatic rings. The summed E-state index contributed by atoms with van der Waals surface area (Å²) < 4.78 is 6.23. The Balaban J connectivity index is 1.95. The number of benzene rings is 3. The maximum absolute atomic E-state index is 12.9. The number of nitrogen functional groups attached to an aromatic ring is 1. The Morgan fingerprint density at radius 2 is 1.64 bits per heavy atom. The van der Waals surface area contributed by atoms with Crippen LogP contribution < -0.4 is 15.8 Å². The number of nitrogens with one attached hydrogen (secondary N) is 1. The van der Waals surface area contributed by atoms with E-state index in [1.165, 1.54) is 0 Å². The van der Waals surface area contributed by atoms with Gasteiger partial charge >= 0.3 is 0 Å². The zero-order valence-corrected chi connectivity index (χ0v) is 16.5. The molecule has 0 radical (unpaired) electrons. The van der Waals surface area contributed by atoms with E-state index in [9.17, 15) is 4.79 Å². The number of ether oxygens (including phenoxy) is 1. The van der Waals surface area contributed by atoms with E-state index in [0.29, 0.717) is 22.7 Å². The van der Waals surface area contributed by atoms with Crippen LogP contribution in [0.15, 0.2) is 72.8 Å². The second kappa shape index (κ2) is 8.17. The molecule has 0 spiro atoms. The Morgan fingerprint density at radius 3 is 2.36 bits per heavy atom. The van der Waals surface area contributed by atoms with Crippen LogP contribution in [0.1, 0.15) is 43.1 Å². The molecule has 0 heterocycles. The molecule has 0 atom stereocenters. The summed E-state index contributed by atoms with van der Waals surface area (Å²) in [6.45, 7) is 6.52. The van der Waals surface area contributed by atoms with Crippen molar-refractivity contribution in [2.75, 3.05) is 11.1 Å². The molecule has 0 saturated heterocycles. The van der Waals surface area contributed by atoms with Gasteiger partial charge in [0.25, 0.3) is 5.91 Å². The molecular weight excluding hydrogens is 348 g/mol. The van der Waals surface area contributed by atoms with Crippen LogP contribution in [0.3, 0.4) is 0 Å². The summed E-state index contributed by atoms with van der Waals surface area (Å²) in [5.74, 6) is 0.954. The molecule has 0 aliphatic heterocycles. The molecule has 3 aromatic carbocycles. The number of anilines is 2. The third-order valence-electron chi connectivity index (χ3n) is 5.00. The minimum atomic E-state index is -0.263. The molecule has 4 nitrogen and oxygen atoms in total. The molecule has 0 bridgehead atoms. The fourth-order valence-electron chi connectivity index (χ4n) is 2.96. The van der Waals surface area contributed by atoms with Gasteiger partial charge in [-0.1, -0.05) is 57.2 Å². The fourth-order valence-corrected chi connectivity index (χ4v) is 2.96. The molecule has 3 rings (SSSR count). The second-order valence-electron chi connectivity index (χ2n) is 7.41. The number of nitrogens with two attached hydrogens (primary N) is 1. The highest BCUT2D eigenvalue weighted by Gasteiger charge is 2.23. The summed E-state index contributed by atoms with van der Waals surface area (Å²) in [7, 11) is 0. The number of hydrogen-bond acceptors (Lipinski definition) is 3. The van der Waals surface area contributed by atoms with Gasteiger partial charge in [-0.3, -0.25) is 4.79 Å². The van der Waals surface area contributed by atoms with Gasteiger partial charge in [0, 0.05) is 16.9 Å². The number of amides is 1. The first-order chi connectivity index (χ1) is 13.4. The van der Waals surface area contributed by atoms with Crippen molar-refractivity contribution in [1.82, 2.24) is 0 Å². The van der Waals surface area contributed by atoms with Crippen LogP contribution in [0, 0.1) is 0 Å². The van der Waals surface area contributed by atoms with Crippen molar-refractivity contribution in [3.8, 4) is 11.5 Å². The Labute approximate surface area is 166 Å². The smallest absolute Gasteiger partial charge is 0.259 e. The summed E-state index contributed by atoms with van der Waals surface area (Å²) in [6, 6.07) is 22.4. The molecular formula is C24H26N2O2. The standard InChI is InChI=1S/C24H26N2O2/c1-4-24(2,3)20-12-8-9-13-22(20)28-21-15-14-17(25)16-19(21)23(27)26-18-10-6-5-7-11-18/h5-16H,4,25H2,1-3H3,(H,26,27). The predicted molar refractivity (Wildman–Crippen MR) is 115 cm³/mol. The van der Waals surface area contributed by atoms with Crippen LogP contribution in [0.2, 0.25) is 0 Å². The normalized spacial score (nSPS) is 11.1. The molecule has 3 aromatic rings.